The average molecular weight is 374 g/mol. The van der Waals surface area contributed by atoms with E-state index in [9.17, 15) is 9.59 Å². The Hall–Kier alpha value is -2.28. The summed E-state index contributed by atoms with van der Waals surface area (Å²) in [6, 6.07) is 7.77. The van der Waals surface area contributed by atoms with Gasteiger partial charge in [-0.15, -0.1) is 0 Å². The van der Waals surface area contributed by atoms with Crippen molar-refractivity contribution in [1.29, 1.82) is 0 Å². The minimum Gasteiger partial charge on any atom is -0.460 e. The van der Waals surface area contributed by atoms with E-state index in [0.29, 0.717) is 18.4 Å². The molecule has 1 aliphatic carbocycles. The molecule has 0 spiro atoms. The van der Waals surface area contributed by atoms with Crippen LogP contribution in [0.2, 0.25) is 0 Å². The monoisotopic (exact) mass is 374 g/mol. The Balaban J connectivity index is 1.35. The highest BCUT2D eigenvalue weighted by Crippen LogP contribution is 2.53. The molecule has 0 aromatic heterocycles. The van der Waals surface area contributed by atoms with Gasteiger partial charge in [-0.3, -0.25) is 9.69 Å². The molecule has 1 amide bonds. The van der Waals surface area contributed by atoms with E-state index in [-0.39, 0.29) is 18.5 Å². The quantitative estimate of drug-likeness (QED) is 0.813. The number of benzene rings is 1. The topological polar surface area (TPSA) is 79.3 Å². The molecule has 0 radical (unpaired) electrons. The molecule has 2 heterocycles. The lowest BCUT2D eigenvalue weighted by Crippen LogP contribution is -2.30. The van der Waals surface area contributed by atoms with Gasteiger partial charge < -0.3 is 19.5 Å². The Morgan fingerprint density at radius 1 is 1.15 bits per heavy atom. The lowest BCUT2D eigenvalue weighted by atomic mass is 10.2. The van der Waals surface area contributed by atoms with E-state index in [4.69, 9.17) is 14.6 Å². The smallest absolute Gasteiger partial charge is 0.414 e. The number of hydrogen-bond donors (Lipinski definition) is 1. The molecule has 7 heteroatoms. The van der Waals surface area contributed by atoms with Crippen molar-refractivity contribution in [2.75, 3.05) is 36.0 Å². The molecule has 4 rings (SSSR count). The van der Waals surface area contributed by atoms with Crippen molar-refractivity contribution in [3.8, 4) is 0 Å². The van der Waals surface area contributed by atoms with Gasteiger partial charge >= 0.3 is 12.1 Å². The number of hydrogen-bond acceptors (Lipinski definition) is 6. The fourth-order valence-corrected chi connectivity index (χ4v) is 4.13. The van der Waals surface area contributed by atoms with Crippen molar-refractivity contribution in [2.24, 2.45) is 17.8 Å². The van der Waals surface area contributed by atoms with Gasteiger partial charge in [0.25, 0.3) is 0 Å². The summed E-state index contributed by atoms with van der Waals surface area (Å²) < 4.78 is 10.6. The first-order valence-corrected chi connectivity index (χ1v) is 9.44. The van der Waals surface area contributed by atoms with Gasteiger partial charge in [-0.2, -0.15) is 0 Å². The summed E-state index contributed by atoms with van der Waals surface area (Å²) in [5, 5.41) is 9.14. The van der Waals surface area contributed by atoms with Crippen molar-refractivity contribution >= 4 is 23.4 Å². The van der Waals surface area contributed by atoms with Crippen LogP contribution in [-0.4, -0.2) is 55.1 Å². The summed E-state index contributed by atoms with van der Waals surface area (Å²) in [5.74, 6) is 0.713. The number of nitrogens with zero attached hydrogens (tertiary/aromatic N) is 2. The third-order valence-electron chi connectivity index (χ3n) is 5.48. The zero-order valence-corrected chi connectivity index (χ0v) is 15.9. The highest BCUT2D eigenvalue weighted by molar-refractivity contribution is 5.90. The highest BCUT2D eigenvalue weighted by atomic mass is 16.6. The van der Waals surface area contributed by atoms with Gasteiger partial charge in [-0.25, -0.2) is 4.79 Å². The van der Waals surface area contributed by atoms with E-state index in [2.05, 4.69) is 4.90 Å². The van der Waals surface area contributed by atoms with Crippen LogP contribution in [-0.2, 0) is 14.3 Å². The van der Waals surface area contributed by atoms with Crippen LogP contribution in [0.25, 0.3) is 0 Å². The van der Waals surface area contributed by atoms with Crippen LogP contribution in [0.1, 0.15) is 20.8 Å². The van der Waals surface area contributed by atoms with Gasteiger partial charge in [0.05, 0.1) is 19.1 Å². The summed E-state index contributed by atoms with van der Waals surface area (Å²) >= 11 is 0. The van der Waals surface area contributed by atoms with Gasteiger partial charge in [-0.05, 0) is 56.9 Å². The minimum absolute atomic E-state index is 0.0366. The number of carbonyl (C=O) groups excluding carboxylic acids is 2. The Morgan fingerprint density at radius 3 is 2.26 bits per heavy atom. The minimum atomic E-state index is -0.465. The van der Waals surface area contributed by atoms with Crippen molar-refractivity contribution in [3.05, 3.63) is 24.3 Å². The normalized spacial score (nSPS) is 29.6. The number of rotatable bonds is 4. The molecule has 4 atom stereocenters. The number of amides is 1. The van der Waals surface area contributed by atoms with E-state index < -0.39 is 17.8 Å². The number of fused-ring (bicyclic) bond motifs is 1. The predicted octanol–water partition coefficient (Wildman–Crippen LogP) is 2.03. The molecule has 1 aromatic rings. The summed E-state index contributed by atoms with van der Waals surface area (Å²) in [5.41, 5.74) is 1.41. The Kier molecular flexibility index (Phi) is 4.29. The molecule has 27 heavy (non-hydrogen) atoms. The van der Waals surface area contributed by atoms with Crippen molar-refractivity contribution in [3.63, 3.8) is 0 Å². The van der Waals surface area contributed by atoms with Gasteiger partial charge in [0.15, 0.2) is 0 Å². The second-order valence-corrected chi connectivity index (χ2v) is 8.61. The summed E-state index contributed by atoms with van der Waals surface area (Å²) in [7, 11) is 0. The number of piperidine rings is 1. The second-order valence-electron chi connectivity index (χ2n) is 8.61. The number of ether oxygens (including phenoxy) is 2. The lowest BCUT2D eigenvalue weighted by Gasteiger charge is -2.24. The first-order chi connectivity index (χ1) is 12.8. The Morgan fingerprint density at radius 2 is 1.74 bits per heavy atom. The molecular formula is C20H26N2O5. The zero-order chi connectivity index (χ0) is 19.3. The molecular weight excluding hydrogens is 348 g/mol. The van der Waals surface area contributed by atoms with E-state index >= 15 is 0 Å². The maximum absolute atomic E-state index is 12.2. The summed E-state index contributed by atoms with van der Waals surface area (Å²) in [6.07, 6.45) is -0.892. The van der Waals surface area contributed by atoms with Crippen LogP contribution in [0.3, 0.4) is 0 Å². The van der Waals surface area contributed by atoms with Gasteiger partial charge in [-0.1, -0.05) is 0 Å². The fourth-order valence-electron chi connectivity index (χ4n) is 4.13. The van der Waals surface area contributed by atoms with E-state index in [1.165, 1.54) is 4.90 Å². The fraction of sp³-hybridized carbons (Fsp3) is 0.600. The average Bonchev–Trinajstić information content (AvgIpc) is 2.93. The maximum atomic E-state index is 12.2. The summed E-state index contributed by atoms with van der Waals surface area (Å²) in [6.45, 7) is 7.59. The molecule has 7 nitrogen and oxygen atoms in total. The third-order valence-corrected chi connectivity index (χ3v) is 5.48. The van der Waals surface area contributed by atoms with E-state index in [1.54, 1.807) is 0 Å². The molecule has 1 aromatic carbocycles. The number of cyclic esters (lactones) is 1. The maximum Gasteiger partial charge on any atom is 0.414 e. The first kappa shape index (κ1) is 18.1. The number of aliphatic hydroxyl groups is 1. The zero-order valence-electron chi connectivity index (χ0n) is 15.9. The van der Waals surface area contributed by atoms with Crippen molar-refractivity contribution in [2.45, 2.75) is 32.5 Å². The molecule has 1 unspecified atom stereocenters. The molecule has 2 aliphatic heterocycles. The number of esters is 1. The first-order valence-electron chi connectivity index (χ1n) is 9.44. The number of carbonyl (C=O) groups is 2. The van der Waals surface area contributed by atoms with Crippen LogP contribution < -0.4 is 9.80 Å². The molecule has 1 N–H and O–H groups in total. The van der Waals surface area contributed by atoms with Crippen LogP contribution in [0.15, 0.2) is 24.3 Å². The Labute approximate surface area is 158 Å². The Bertz CT molecular complexity index is 730. The largest absolute Gasteiger partial charge is 0.460 e. The molecule has 146 valence electrons. The van der Waals surface area contributed by atoms with Crippen LogP contribution in [0.5, 0.6) is 0 Å². The highest BCUT2D eigenvalue weighted by Gasteiger charge is 2.60. The second kappa shape index (κ2) is 6.41. The van der Waals surface area contributed by atoms with Crippen molar-refractivity contribution < 1.29 is 24.2 Å². The van der Waals surface area contributed by atoms with Crippen molar-refractivity contribution in [1.82, 2.24) is 0 Å². The SMILES string of the molecule is CC(C)(C)OC(=O)C1[C@H]2CN(c3ccc(N4C[C@H](CO)OC4=O)cc3)C[C@@H]12. The standard InChI is InChI=1S/C20H26N2O5/c1-20(2,3)27-18(24)17-15-9-21(10-16(15)17)12-4-6-13(7-5-12)22-8-14(11-23)26-19(22)25/h4-7,14-17,23H,8-11H2,1-3H3/t14-,15-,16+,17?/m1/s1. The third kappa shape index (κ3) is 3.48. The molecule has 3 aliphatic rings. The molecule has 0 bridgehead atoms. The molecule has 3 fully saturated rings. The van der Waals surface area contributed by atoms with Crippen LogP contribution in [0.4, 0.5) is 16.2 Å². The van der Waals surface area contributed by atoms with E-state index in [0.717, 1.165) is 24.5 Å². The van der Waals surface area contributed by atoms with Gasteiger partial charge in [0.1, 0.15) is 11.7 Å². The predicted molar refractivity (Wildman–Crippen MR) is 99.7 cm³/mol. The number of anilines is 2. The molecule has 1 saturated carbocycles. The van der Waals surface area contributed by atoms with Crippen LogP contribution in [0, 0.1) is 17.8 Å². The van der Waals surface area contributed by atoms with Gasteiger partial charge in [0, 0.05) is 24.5 Å². The lowest BCUT2D eigenvalue weighted by molar-refractivity contribution is -0.157. The van der Waals surface area contributed by atoms with E-state index in [1.807, 2.05) is 45.0 Å². The van der Waals surface area contributed by atoms with Gasteiger partial charge in [0.2, 0.25) is 0 Å². The number of aliphatic hydroxyl groups excluding tert-OH is 1. The molecule has 2 saturated heterocycles. The summed E-state index contributed by atoms with van der Waals surface area (Å²) in [4.78, 5) is 27.9. The van der Waals surface area contributed by atoms with Crippen LogP contribution >= 0.6 is 0 Å².